The van der Waals surface area contributed by atoms with Gasteiger partial charge in [0.2, 0.25) is 0 Å². The van der Waals surface area contributed by atoms with Crippen molar-refractivity contribution in [2.45, 2.75) is 0 Å². The zero-order valence-corrected chi connectivity index (χ0v) is 7.79. The molecule has 2 aromatic rings. The second-order valence-corrected chi connectivity index (χ2v) is 2.82. The highest BCUT2D eigenvalue weighted by molar-refractivity contribution is 5.96. The highest BCUT2D eigenvalue weighted by Gasteiger charge is 2.04. The van der Waals surface area contributed by atoms with E-state index in [0.29, 0.717) is 5.76 Å². The van der Waals surface area contributed by atoms with Crippen molar-refractivity contribution in [2.75, 3.05) is 0 Å². The predicted molar refractivity (Wildman–Crippen MR) is 55.0 cm³/mol. The molecule has 0 unspecified atom stereocenters. The maximum absolute atomic E-state index is 9.40. The van der Waals surface area contributed by atoms with Crippen LogP contribution in [0.4, 0.5) is 5.82 Å². The van der Waals surface area contributed by atoms with Gasteiger partial charge in [0.05, 0.1) is 6.26 Å². The lowest BCUT2D eigenvalue weighted by molar-refractivity contribution is 0.474. The van der Waals surface area contributed by atoms with E-state index in [1.54, 1.807) is 18.2 Å². The van der Waals surface area contributed by atoms with E-state index in [1.807, 2.05) is 0 Å². The van der Waals surface area contributed by atoms with E-state index in [4.69, 9.17) is 10.2 Å². The summed E-state index contributed by atoms with van der Waals surface area (Å²) in [6.07, 6.45) is 3.02. The number of amidine groups is 1. The van der Waals surface area contributed by atoms with E-state index in [-0.39, 0.29) is 17.4 Å². The van der Waals surface area contributed by atoms with Gasteiger partial charge < -0.3 is 15.3 Å². The van der Waals surface area contributed by atoms with Crippen molar-refractivity contribution in [2.24, 2.45) is 10.7 Å². The van der Waals surface area contributed by atoms with Crippen LogP contribution in [0.2, 0.25) is 0 Å². The van der Waals surface area contributed by atoms with Gasteiger partial charge in [-0.25, -0.2) is 9.98 Å². The molecular weight excluding hydrogens is 194 g/mol. The van der Waals surface area contributed by atoms with Crippen molar-refractivity contribution in [3.8, 4) is 5.75 Å². The monoisotopic (exact) mass is 203 g/mol. The van der Waals surface area contributed by atoms with Gasteiger partial charge in [-0.1, -0.05) is 0 Å². The number of nitrogens with zero attached hydrogens (tertiary/aromatic N) is 2. The minimum absolute atomic E-state index is 0.0213. The highest BCUT2D eigenvalue weighted by Crippen LogP contribution is 2.22. The Morgan fingerprint density at radius 1 is 1.40 bits per heavy atom. The molecule has 0 atom stereocenters. The van der Waals surface area contributed by atoms with Crippen LogP contribution in [-0.2, 0) is 0 Å². The van der Waals surface area contributed by atoms with Gasteiger partial charge in [0.15, 0.2) is 23.2 Å². The van der Waals surface area contributed by atoms with Crippen molar-refractivity contribution < 1.29 is 9.52 Å². The van der Waals surface area contributed by atoms with E-state index >= 15 is 0 Å². The number of furan rings is 1. The number of pyridine rings is 1. The average Bonchev–Trinajstić information content (AvgIpc) is 2.74. The van der Waals surface area contributed by atoms with Crippen LogP contribution in [0.1, 0.15) is 5.76 Å². The van der Waals surface area contributed by atoms with Crippen LogP contribution in [0.3, 0.4) is 0 Å². The molecule has 0 spiro atoms. The van der Waals surface area contributed by atoms with Crippen LogP contribution in [-0.4, -0.2) is 15.9 Å². The molecule has 5 nitrogen and oxygen atoms in total. The van der Waals surface area contributed by atoms with E-state index in [9.17, 15) is 5.11 Å². The zero-order chi connectivity index (χ0) is 10.7. The summed E-state index contributed by atoms with van der Waals surface area (Å²) in [5.74, 6) is 0.771. The molecule has 3 N–H and O–H groups in total. The normalized spacial score (nSPS) is 11.6. The first-order chi connectivity index (χ1) is 7.27. The third kappa shape index (κ3) is 1.96. The fourth-order valence-corrected chi connectivity index (χ4v) is 1.07. The molecule has 0 aliphatic rings. The largest absolute Gasteiger partial charge is 0.504 e. The molecule has 5 heteroatoms. The standard InChI is InChI=1S/C10H9N3O2/c11-9(8-4-2-6-15-8)13-10-7(14)3-1-5-12-10/h1-6,14H,(H2,11,12,13). The van der Waals surface area contributed by atoms with Crippen LogP contribution in [0.25, 0.3) is 0 Å². The Kier molecular flexibility index (Phi) is 2.37. The lowest BCUT2D eigenvalue weighted by Gasteiger charge is -1.98. The molecule has 2 heterocycles. The quantitative estimate of drug-likeness (QED) is 0.571. The fourth-order valence-electron chi connectivity index (χ4n) is 1.07. The van der Waals surface area contributed by atoms with Crippen LogP contribution >= 0.6 is 0 Å². The molecule has 2 rings (SSSR count). The number of rotatable bonds is 2. The average molecular weight is 203 g/mol. The molecule has 0 aliphatic heterocycles. The molecule has 0 fully saturated rings. The zero-order valence-electron chi connectivity index (χ0n) is 7.79. The van der Waals surface area contributed by atoms with Crippen LogP contribution in [0, 0.1) is 0 Å². The Hall–Kier alpha value is -2.30. The Morgan fingerprint density at radius 2 is 2.27 bits per heavy atom. The van der Waals surface area contributed by atoms with Crippen molar-refractivity contribution in [3.63, 3.8) is 0 Å². The van der Waals surface area contributed by atoms with Gasteiger partial charge in [-0.3, -0.25) is 0 Å². The molecule has 0 saturated heterocycles. The van der Waals surface area contributed by atoms with E-state index < -0.39 is 0 Å². The number of aromatic hydroxyl groups is 1. The van der Waals surface area contributed by atoms with Crippen LogP contribution in [0.15, 0.2) is 46.1 Å². The molecule has 0 radical (unpaired) electrons. The van der Waals surface area contributed by atoms with Crippen molar-refractivity contribution in [3.05, 3.63) is 42.5 Å². The van der Waals surface area contributed by atoms with Gasteiger partial charge in [0, 0.05) is 6.20 Å². The maximum atomic E-state index is 9.40. The van der Waals surface area contributed by atoms with Gasteiger partial charge in [-0.05, 0) is 24.3 Å². The topological polar surface area (TPSA) is 84.6 Å². The summed E-state index contributed by atoms with van der Waals surface area (Å²) in [4.78, 5) is 7.81. The summed E-state index contributed by atoms with van der Waals surface area (Å²) < 4.78 is 5.04. The van der Waals surface area contributed by atoms with Gasteiger partial charge in [0.25, 0.3) is 0 Å². The Bertz CT molecular complexity index is 477. The number of hydrogen-bond donors (Lipinski definition) is 2. The predicted octanol–water partition coefficient (Wildman–Crippen LogP) is 1.42. The van der Waals surface area contributed by atoms with Crippen molar-refractivity contribution in [1.29, 1.82) is 0 Å². The summed E-state index contributed by atoms with van der Waals surface area (Å²) in [6, 6.07) is 6.48. The number of aromatic nitrogens is 1. The lowest BCUT2D eigenvalue weighted by Crippen LogP contribution is -2.11. The van der Waals surface area contributed by atoms with Gasteiger partial charge in [-0.15, -0.1) is 0 Å². The third-order valence-electron chi connectivity index (χ3n) is 1.77. The molecular formula is C10H9N3O2. The molecule has 0 aromatic carbocycles. The van der Waals surface area contributed by atoms with Crippen LogP contribution in [0.5, 0.6) is 5.75 Å². The maximum Gasteiger partial charge on any atom is 0.196 e. The summed E-state index contributed by atoms with van der Waals surface area (Å²) in [5.41, 5.74) is 5.65. The summed E-state index contributed by atoms with van der Waals surface area (Å²) in [6.45, 7) is 0. The minimum Gasteiger partial charge on any atom is -0.504 e. The molecule has 0 amide bonds. The second kappa shape index (κ2) is 3.83. The molecule has 0 bridgehead atoms. The molecule has 76 valence electrons. The first-order valence-electron chi connectivity index (χ1n) is 4.29. The fraction of sp³-hybridized carbons (Fsp3) is 0. The Morgan fingerprint density at radius 3 is 2.93 bits per heavy atom. The van der Waals surface area contributed by atoms with Gasteiger partial charge in [0.1, 0.15) is 0 Å². The Labute approximate surface area is 85.9 Å². The number of aliphatic imine (C=N–C) groups is 1. The summed E-state index contributed by atoms with van der Waals surface area (Å²) in [7, 11) is 0. The van der Waals surface area contributed by atoms with E-state index in [1.165, 1.54) is 18.5 Å². The third-order valence-corrected chi connectivity index (χ3v) is 1.77. The Balaban J connectivity index is 2.35. The van der Waals surface area contributed by atoms with Crippen molar-refractivity contribution >= 4 is 11.7 Å². The molecule has 2 aromatic heterocycles. The summed E-state index contributed by atoms with van der Waals surface area (Å²) >= 11 is 0. The summed E-state index contributed by atoms with van der Waals surface area (Å²) in [5, 5.41) is 9.40. The molecule has 0 aliphatic carbocycles. The smallest absolute Gasteiger partial charge is 0.196 e. The molecule has 0 saturated carbocycles. The lowest BCUT2D eigenvalue weighted by atomic mass is 10.4. The first kappa shape index (κ1) is 9.26. The van der Waals surface area contributed by atoms with Gasteiger partial charge >= 0.3 is 0 Å². The first-order valence-corrected chi connectivity index (χ1v) is 4.29. The van der Waals surface area contributed by atoms with Crippen LogP contribution < -0.4 is 5.73 Å². The molecule has 15 heavy (non-hydrogen) atoms. The number of nitrogens with two attached hydrogens (primary N) is 1. The van der Waals surface area contributed by atoms with Crippen molar-refractivity contribution in [1.82, 2.24) is 4.98 Å². The van der Waals surface area contributed by atoms with E-state index in [2.05, 4.69) is 9.98 Å². The van der Waals surface area contributed by atoms with E-state index in [0.717, 1.165) is 0 Å². The SMILES string of the molecule is N/C(=N\c1ncccc1O)c1ccco1. The minimum atomic E-state index is -0.0213. The number of hydrogen-bond acceptors (Lipinski definition) is 4. The van der Waals surface area contributed by atoms with Gasteiger partial charge in [-0.2, -0.15) is 0 Å². The second-order valence-electron chi connectivity index (χ2n) is 2.82. The highest BCUT2D eigenvalue weighted by atomic mass is 16.3.